The van der Waals surface area contributed by atoms with Crippen molar-refractivity contribution in [1.82, 2.24) is 19.9 Å². The number of ether oxygens (including phenoxy) is 2. The molecule has 4 rings (SSSR count). The summed E-state index contributed by atoms with van der Waals surface area (Å²) in [5.41, 5.74) is 3.58. The molecule has 2 N–H and O–H groups in total. The fourth-order valence-electron chi connectivity index (χ4n) is 3.42. The first kappa shape index (κ1) is 20.3. The van der Waals surface area contributed by atoms with Crippen LogP contribution in [0.3, 0.4) is 0 Å². The molecule has 31 heavy (non-hydrogen) atoms. The van der Waals surface area contributed by atoms with E-state index in [-0.39, 0.29) is 5.78 Å². The standard InChI is InChI=1S/C23H22N5O3/c1-4-14-6-5-7-17-18(11-27-21(14)17)23(29)22(19-12-26-20(31-3)13-25-19)28-15-8-16(30-2)10-24-9-15/h5-13,22,27-28H,1,4H2,2-3H3. The number of para-hydroxylation sites is 1. The molecule has 0 fully saturated rings. The molecule has 1 unspecified atom stereocenters. The Labute approximate surface area is 179 Å². The second kappa shape index (κ2) is 8.83. The number of carbonyl (C=O) groups excluding carboxylic acids is 1. The van der Waals surface area contributed by atoms with Gasteiger partial charge in [-0.3, -0.25) is 14.8 Å². The van der Waals surface area contributed by atoms with E-state index in [0.717, 1.165) is 16.5 Å². The van der Waals surface area contributed by atoms with Gasteiger partial charge >= 0.3 is 0 Å². The molecule has 0 aliphatic carbocycles. The molecule has 157 valence electrons. The van der Waals surface area contributed by atoms with Crippen molar-refractivity contribution in [3.8, 4) is 11.6 Å². The van der Waals surface area contributed by atoms with Crippen molar-refractivity contribution in [3.05, 3.63) is 79.0 Å². The minimum Gasteiger partial charge on any atom is -0.495 e. The van der Waals surface area contributed by atoms with Crippen molar-refractivity contribution in [3.63, 3.8) is 0 Å². The highest BCUT2D eigenvalue weighted by molar-refractivity contribution is 6.11. The van der Waals surface area contributed by atoms with Crippen LogP contribution in [0.15, 0.2) is 55.2 Å². The monoisotopic (exact) mass is 416 g/mol. The summed E-state index contributed by atoms with van der Waals surface area (Å²) < 4.78 is 10.3. The second-order valence-electron chi connectivity index (χ2n) is 6.83. The Morgan fingerprint density at radius 1 is 1.16 bits per heavy atom. The van der Waals surface area contributed by atoms with Crippen LogP contribution in [0.25, 0.3) is 10.9 Å². The molecule has 0 bridgehead atoms. The molecule has 1 atom stereocenters. The summed E-state index contributed by atoms with van der Waals surface area (Å²) in [7, 11) is 3.07. The molecule has 0 saturated heterocycles. The number of nitrogens with one attached hydrogen (secondary N) is 2. The number of aromatic nitrogens is 4. The molecule has 8 nitrogen and oxygen atoms in total. The molecule has 0 saturated carbocycles. The lowest BCUT2D eigenvalue weighted by Crippen LogP contribution is -2.22. The fraction of sp³-hybridized carbons (Fsp3) is 0.174. The highest BCUT2D eigenvalue weighted by atomic mass is 16.5. The predicted octanol–water partition coefficient (Wildman–Crippen LogP) is 3.78. The van der Waals surface area contributed by atoms with Crippen LogP contribution in [0.4, 0.5) is 5.69 Å². The Kier molecular flexibility index (Phi) is 5.79. The van der Waals surface area contributed by atoms with Gasteiger partial charge in [0.15, 0.2) is 5.78 Å². The van der Waals surface area contributed by atoms with E-state index in [4.69, 9.17) is 9.47 Å². The van der Waals surface area contributed by atoms with Crippen LogP contribution in [-0.4, -0.2) is 39.9 Å². The number of H-pyrrole nitrogens is 1. The first-order valence-corrected chi connectivity index (χ1v) is 9.68. The van der Waals surface area contributed by atoms with Gasteiger partial charge in [0.1, 0.15) is 11.8 Å². The van der Waals surface area contributed by atoms with Gasteiger partial charge in [0.25, 0.3) is 0 Å². The van der Waals surface area contributed by atoms with E-state index in [1.807, 2.05) is 18.2 Å². The number of rotatable bonds is 8. The van der Waals surface area contributed by atoms with Gasteiger partial charge < -0.3 is 19.8 Å². The predicted molar refractivity (Wildman–Crippen MR) is 117 cm³/mol. The highest BCUT2D eigenvalue weighted by Gasteiger charge is 2.27. The number of Topliss-reactive ketones (excluding diaryl/α,β-unsaturated/α-hetero) is 1. The average molecular weight is 416 g/mol. The average Bonchev–Trinajstić information content (AvgIpc) is 3.26. The number of aromatic amines is 1. The zero-order chi connectivity index (χ0) is 21.8. The quantitative estimate of drug-likeness (QED) is 0.421. The molecule has 1 aromatic carbocycles. The molecule has 8 heteroatoms. The summed E-state index contributed by atoms with van der Waals surface area (Å²) in [5, 5.41) is 4.06. The first-order valence-electron chi connectivity index (χ1n) is 9.68. The van der Waals surface area contributed by atoms with Crippen LogP contribution < -0.4 is 14.8 Å². The summed E-state index contributed by atoms with van der Waals surface area (Å²) in [4.78, 5) is 29.7. The van der Waals surface area contributed by atoms with Gasteiger partial charge in [0.2, 0.25) is 5.88 Å². The van der Waals surface area contributed by atoms with Crippen LogP contribution in [0, 0.1) is 6.92 Å². The van der Waals surface area contributed by atoms with E-state index in [1.54, 1.807) is 31.8 Å². The van der Waals surface area contributed by atoms with Gasteiger partial charge in [-0.1, -0.05) is 18.2 Å². The smallest absolute Gasteiger partial charge is 0.231 e. The number of anilines is 1. The van der Waals surface area contributed by atoms with Crippen LogP contribution in [0.5, 0.6) is 11.6 Å². The van der Waals surface area contributed by atoms with Gasteiger partial charge in [-0.15, -0.1) is 0 Å². The number of hydrogen-bond acceptors (Lipinski definition) is 7. The maximum absolute atomic E-state index is 13.7. The number of fused-ring (bicyclic) bond motifs is 1. The van der Waals surface area contributed by atoms with E-state index < -0.39 is 6.04 Å². The number of carbonyl (C=O) groups is 1. The van der Waals surface area contributed by atoms with Gasteiger partial charge in [0, 0.05) is 28.7 Å². The number of pyridine rings is 1. The Morgan fingerprint density at radius 2 is 2.03 bits per heavy atom. The normalized spacial score (nSPS) is 11.8. The van der Waals surface area contributed by atoms with Crippen LogP contribution in [0.2, 0.25) is 0 Å². The van der Waals surface area contributed by atoms with Crippen LogP contribution >= 0.6 is 0 Å². The zero-order valence-electron chi connectivity index (χ0n) is 17.3. The molecule has 3 aromatic heterocycles. The number of nitrogens with zero attached hydrogens (tertiary/aromatic N) is 3. The van der Waals surface area contributed by atoms with Crippen molar-refractivity contribution < 1.29 is 14.3 Å². The van der Waals surface area contributed by atoms with E-state index >= 15 is 0 Å². The van der Waals surface area contributed by atoms with Crippen LogP contribution in [-0.2, 0) is 6.42 Å². The van der Waals surface area contributed by atoms with E-state index in [0.29, 0.717) is 35.0 Å². The summed E-state index contributed by atoms with van der Waals surface area (Å²) >= 11 is 0. The Morgan fingerprint density at radius 3 is 2.74 bits per heavy atom. The molecule has 0 aliphatic heterocycles. The lowest BCUT2D eigenvalue weighted by atomic mass is 9.99. The van der Waals surface area contributed by atoms with Crippen molar-refractivity contribution in [1.29, 1.82) is 0 Å². The van der Waals surface area contributed by atoms with Crippen molar-refractivity contribution >= 4 is 22.4 Å². The number of methoxy groups -OCH3 is 2. The van der Waals surface area contributed by atoms with Gasteiger partial charge in [-0.25, -0.2) is 4.98 Å². The summed E-state index contributed by atoms with van der Waals surface area (Å²) in [6, 6.07) is 6.80. The number of benzene rings is 1. The maximum atomic E-state index is 13.7. The second-order valence-corrected chi connectivity index (χ2v) is 6.83. The minimum atomic E-state index is -0.797. The lowest BCUT2D eigenvalue weighted by Gasteiger charge is -2.18. The van der Waals surface area contributed by atoms with Crippen LogP contribution in [0.1, 0.15) is 27.7 Å². The largest absolute Gasteiger partial charge is 0.495 e. The van der Waals surface area contributed by atoms with Crippen molar-refractivity contribution in [2.24, 2.45) is 0 Å². The minimum absolute atomic E-state index is 0.158. The summed E-state index contributed by atoms with van der Waals surface area (Å²) in [6.45, 7) is 3.97. The highest BCUT2D eigenvalue weighted by Crippen LogP contribution is 2.29. The molecular weight excluding hydrogens is 394 g/mol. The first-order chi connectivity index (χ1) is 15.1. The van der Waals surface area contributed by atoms with E-state index in [2.05, 4.69) is 32.2 Å². The Bertz CT molecular complexity index is 1200. The number of ketones is 1. The van der Waals surface area contributed by atoms with Crippen molar-refractivity contribution in [2.45, 2.75) is 12.5 Å². The molecular formula is C23H22N5O3. The lowest BCUT2D eigenvalue weighted by molar-refractivity contribution is 0.0969. The third kappa shape index (κ3) is 4.05. The molecule has 3 heterocycles. The third-order valence-corrected chi connectivity index (χ3v) is 5.01. The summed E-state index contributed by atoms with van der Waals surface area (Å²) in [6.07, 6.45) is 8.56. The van der Waals surface area contributed by atoms with E-state index in [9.17, 15) is 4.79 Å². The summed E-state index contributed by atoms with van der Waals surface area (Å²) in [5.74, 6) is 0.782. The van der Waals surface area contributed by atoms with E-state index in [1.165, 1.54) is 19.5 Å². The van der Waals surface area contributed by atoms with Gasteiger partial charge in [0.05, 0.1) is 50.4 Å². The third-order valence-electron chi connectivity index (χ3n) is 5.01. The Balaban J connectivity index is 1.76. The number of hydrogen-bond donors (Lipinski definition) is 2. The van der Waals surface area contributed by atoms with Gasteiger partial charge in [-0.2, -0.15) is 0 Å². The zero-order valence-corrected chi connectivity index (χ0v) is 17.3. The SMILES string of the molecule is [CH2]Cc1cccc2c(C(=O)C(Nc3cncc(OC)c3)c3cnc(OC)cn3)c[nH]c12. The molecule has 0 aliphatic rings. The fourth-order valence-corrected chi connectivity index (χ4v) is 3.42. The molecule has 0 spiro atoms. The molecule has 4 aromatic rings. The van der Waals surface area contributed by atoms with Crippen molar-refractivity contribution in [2.75, 3.05) is 19.5 Å². The molecule has 1 radical (unpaired) electrons. The topological polar surface area (TPSA) is 102 Å². The van der Waals surface area contributed by atoms with Gasteiger partial charge in [-0.05, 0) is 18.9 Å². The molecule has 0 amide bonds. The maximum Gasteiger partial charge on any atom is 0.231 e. The Hall–Kier alpha value is -3.94.